The van der Waals surface area contributed by atoms with Crippen molar-refractivity contribution >= 4 is 22.5 Å². The third-order valence-corrected chi connectivity index (χ3v) is 5.00. The highest BCUT2D eigenvalue weighted by molar-refractivity contribution is 7.92. The Bertz CT molecular complexity index is 1170. The lowest BCUT2D eigenvalue weighted by atomic mass is 10.1. The van der Waals surface area contributed by atoms with Gasteiger partial charge in [0.05, 0.1) is 19.0 Å². The van der Waals surface area contributed by atoms with Gasteiger partial charge >= 0.3 is 15.6 Å². The summed E-state index contributed by atoms with van der Waals surface area (Å²) in [6.07, 6.45) is 1.18. The van der Waals surface area contributed by atoms with E-state index in [4.69, 9.17) is 4.74 Å². The smallest absolute Gasteiger partial charge is 0.497 e. The number of alkyl halides is 3. The monoisotopic (exact) mass is 527 g/mol. The summed E-state index contributed by atoms with van der Waals surface area (Å²) in [5.74, 6) is -2.31. The standard InChI is InChI=1S/C16H10F5N3O4S2.2C2H6/c1-27-10-4-2-9(3-5-10)14-11(8-24(23-14)29-21)12-6-7-13(15(17)22-12)28-30(25,26)16(18,19)20;2*1-2/h2-8H,1H3;2*1-2H3. The Hall–Kier alpha value is -2.87. The lowest BCUT2D eigenvalue weighted by molar-refractivity contribution is -0.0501. The van der Waals surface area contributed by atoms with Crippen LogP contribution in [0.15, 0.2) is 42.6 Å². The maximum atomic E-state index is 14.2. The average Bonchev–Trinajstić information content (AvgIpc) is 3.27. The Morgan fingerprint density at radius 2 is 1.59 bits per heavy atom. The Morgan fingerprint density at radius 3 is 2.06 bits per heavy atom. The van der Waals surface area contributed by atoms with Crippen molar-refractivity contribution in [3.05, 3.63) is 48.5 Å². The summed E-state index contributed by atoms with van der Waals surface area (Å²) < 4.78 is 96.2. The quantitative estimate of drug-likeness (QED) is 0.158. The summed E-state index contributed by atoms with van der Waals surface area (Å²) in [5, 5.41) is 4.00. The van der Waals surface area contributed by atoms with Crippen LogP contribution in [0.25, 0.3) is 22.5 Å². The van der Waals surface area contributed by atoms with Gasteiger partial charge in [-0.15, -0.1) is 3.89 Å². The van der Waals surface area contributed by atoms with E-state index in [1.54, 1.807) is 24.3 Å². The van der Waals surface area contributed by atoms with Gasteiger partial charge in [0.25, 0.3) is 5.95 Å². The molecule has 0 atom stereocenters. The van der Waals surface area contributed by atoms with Gasteiger partial charge in [-0.2, -0.15) is 35.2 Å². The molecule has 0 bridgehead atoms. The van der Waals surface area contributed by atoms with Gasteiger partial charge in [0.1, 0.15) is 11.4 Å². The minimum Gasteiger partial charge on any atom is -0.497 e. The van der Waals surface area contributed by atoms with E-state index in [9.17, 15) is 29.9 Å². The van der Waals surface area contributed by atoms with Crippen molar-refractivity contribution in [1.29, 1.82) is 0 Å². The number of hydrogen-bond donors (Lipinski definition) is 0. The number of benzene rings is 1. The molecule has 0 fully saturated rings. The van der Waals surface area contributed by atoms with Crippen molar-refractivity contribution in [2.24, 2.45) is 0 Å². The molecule has 0 amide bonds. The van der Waals surface area contributed by atoms with Crippen LogP contribution in [0.5, 0.6) is 11.5 Å². The van der Waals surface area contributed by atoms with E-state index < -0.39 is 27.3 Å². The molecular formula is C20H22F5N3O4S2. The molecule has 2 aromatic heterocycles. The van der Waals surface area contributed by atoms with Gasteiger partial charge in [0.2, 0.25) is 0 Å². The number of nitrogens with zero attached hydrogens (tertiary/aromatic N) is 3. The summed E-state index contributed by atoms with van der Waals surface area (Å²) in [6.45, 7) is 8.00. The molecule has 0 radical (unpaired) electrons. The summed E-state index contributed by atoms with van der Waals surface area (Å²) in [6, 6.07) is 8.09. The van der Waals surface area contributed by atoms with E-state index >= 15 is 0 Å². The fourth-order valence-corrected chi connectivity index (χ4v) is 3.05. The van der Waals surface area contributed by atoms with E-state index in [-0.39, 0.29) is 29.3 Å². The van der Waals surface area contributed by atoms with Crippen LogP contribution in [0.4, 0.5) is 21.4 Å². The highest BCUT2D eigenvalue weighted by Gasteiger charge is 2.49. The number of methoxy groups -OCH3 is 1. The number of pyridine rings is 1. The minimum absolute atomic E-state index is 0.134. The lowest BCUT2D eigenvalue weighted by Gasteiger charge is -2.10. The molecule has 0 saturated carbocycles. The molecular weight excluding hydrogens is 505 g/mol. The molecule has 0 saturated heterocycles. The van der Waals surface area contributed by atoms with Gasteiger partial charge in [0, 0.05) is 11.1 Å². The predicted molar refractivity (Wildman–Crippen MR) is 120 cm³/mol. The second-order valence-corrected chi connectivity index (χ2v) is 7.61. The molecule has 0 spiro atoms. The van der Waals surface area contributed by atoms with Gasteiger partial charge in [-0.3, -0.25) is 0 Å². The molecule has 0 N–H and O–H groups in total. The molecule has 2 heterocycles. The van der Waals surface area contributed by atoms with E-state index in [2.05, 4.69) is 14.3 Å². The summed E-state index contributed by atoms with van der Waals surface area (Å²) in [4.78, 5) is 3.44. The molecule has 14 heteroatoms. The first-order valence-corrected chi connectivity index (χ1v) is 11.8. The van der Waals surface area contributed by atoms with E-state index in [0.717, 1.165) is 10.2 Å². The zero-order valence-electron chi connectivity index (χ0n) is 18.7. The Labute approximate surface area is 198 Å². The van der Waals surface area contributed by atoms with Crippen LogP contribution in [0, 0.1) is 5.95 Å². The number of halogens is 5. The molecule has 0 aliphatic rings. The zero-order valence-corrected chi connectivity index (χ0v) is 20.4. The highest BCUT2D eigenvalue weighted by Crippen LogP contribution is 2.34. The van der Waals surface area contributed by atoms with Crippen molar-refractivity contribution in [3.63, 3.8) is 0 Å². The van der Waals surface area contributed by atoms with Crippen molar-refractivity contribution in [2.75, 3.05) is 7.11 Å². The molecule has 1 aromatic carbocycles. The average molecular weight is 528 g/mol. The summed E-state index contributed by atoms with van der Waals surface area (Å²) >= 11 is -0.251. The fourth-order valence-electron chi connectivity index (χ4n) is 2.34. The maximum absolute atomic E-state index is 14.2. The molecule has 0 unspecified atom stereocenters. The van der Waals surface area contributed by atoms with Crippen molar-refractivity contribution in [3.8, 4) is 34.0 Å². The third kappa shape index (κ3) is 6.82. The first kappa shape index (κ1) is 29.2. The van der Waals surface area contributed by atoms with Gasteiger partial charge in [0.15, 0.2) is 18.1 Å². The number of aromatic nitrogens is 3. The summed E-state index contributed by atoms with van der Waals surface area (Å²) in [5.41, 5.74) is -5.07. The van der Waals surface area contributed by atoms with Crippen LogP contribution >= 0.6 is 12.3 Å². The van der Waals surface area contributed by atoms with Crippen LogP contribution in [0.1, 0.15) is 27.7 Å². The molecule has 0 aliphatic carbocycles. The van der Waals surface area contributed by atoms with E-state index in [1.165, 1.54) is 13.3 Å². The second-order valence-electron chi connectivity index (χ2n) is 5.56. The number of ether oxygens (including phenoxy) is 1. The molecule has 3 aromatic rings. The maximum Gasteiger partial charge on any atom is 0.534 e. The van der Waals surface area contributed by atoms with Crippen LogP contribution in [-0.2, 0) is 10.1 Å². The van der Waals surface area contributed by atoms with Crippen LogP contribution in [0.3, 0.4) is 0 Å². The van der Waals surface area contributed by atoms with E-state index in [1.807, 2.05) is 27.7 Å². The van der Waals surface area contributed by atoms with Gasteiger partial charge in [-0.1, -0.05) is 27.7 Å². The number of rotatable bonds is 6. The molecule has 188 valence electrons. The Kier molecular flexibility index (Phi) is 10.8. The normalized spacial score (nSPS) is 11.0. The third-order valence-electron chi connectivity index (χ3n) is 3.70. The highest BCUT2D eigenvalue weighted by atomic mass is 32.2. The van der Waals surface area contributed by atoms with Crippen LogP contribution < -0.4 is 8.92 Å². The van der Waals surface area contributed by atoms with E-state index in [0.29, 0.717) is 17.4 Å². The van der Waals surface area contributed by atoms with Gasteiger partial charge in [-0.25, -0.2) is 4.98 Å². The van der Waals surface area contributed by atoms with Gasteiger partial charge in [-0.05, 0) is 36.4 Å². The largest absolute Gasteiger partial charge is 0.534 e. The first-order chi connectivity index (χ1) is 16.1. The van der Waals surface area contributed by atoms with Crippen LogP contribution in [-0.4, -0.2) is 35.2 Å². The van der Waals surface area contributed by atoms with Gasteiger partial charge < -0.3 is 8.92 Å². The van der Waals surface area contributed by atoms with Crippen LogP contribution in [0.2, 0.25) is 0 Å². The molecule has 34 heavy (non-hydrogen) atoms. The molecule has 0 aliphatic heterocycles. The minimum atomic E-state index is -6.07. The number of hydrogen-bond acceptors (Lipinski definition) is 7. The predicted octanol–water partition coefficient (Wildman–Crippen LogP) is 6.42. The zero-order chi connectivity index (χ0) is 26.1. The Morgan fingerprint density at radius 1 is 1.00 bits per heavy atom. The lowest BCUT2D eigenvalue weighted by Crippen LogP contribution is -2.28. The SMILES string of the molecule is CC.CC.COc1ccc(-c2nn(SF)cc2-c2ccc(OS(=O)(=O)C(F)(F)F)c(F)n2)cc1. The first-order valence-electron chi connectivity index (χ1n) is 9.76. The van der Waals surface area contributed by atoms with Crippen molar-refractivity contribution < 1.29 is 38.8 Å². The second kappa shape index (κ2) is 12.6. The Balaban J connectivity index is 0.00000137. The fraction of sp³-hybridized carbons (Fsp3) is 0.300. The summed E-state index contributed by atoms with van der Waals surface area (Å²) in [7, 11) is -4.61. The molecule has 3 rings (SSSR count). The van der Waals surface area contributed by atoms with Crippen molar-refractivity contribution in [1.82, 2.24) is 14.2 Å². The topological polar surface area (TPSA) is 83.3 Å². The molecule has 7 nitrogen and oxygen atoms in total. The van der Waals surface area contributed by atoms with Crippen molar-refractivity contribution in [2.45, 2.75) is 33.2 Å².